The molecule has 2 aliphatic carbocycles. The van der Waals surface area contributed by atoms with E-state index in [1.165, 1.54) is 23.3 Å². The van der Waals surface area contributed by atoms with Crippen LogP contribution < -0.4 is 24.8 Å². The van der Waals surface area contributed by atoms with E-state index in [0.717, 1.165) is 25.0 Å². The minimum Gasteiger partial charge on any atom is -0.495 e. The number of alkyl halides is 1. The average molecular weight is 885 g/mol. The van der Waals surface area contributed by atoms with Gasteiger partial charge in [0.05, 0.1) is 24.9 Å². The van der Waals surface area contributed by atoms with Crippen LogP contribution in [0.3, 0.4) is 0 Å². The Kier molecular flexibility index (Phi) is 11.3. The Bertz CT molecular complexity index is 2020. The van der Waals surface area contributed by atoms with E-state index in [1.807, 2.05) is 40.1 Å². The molecule has 3 heterocycles. The zero-order valence-electron chi connectivity index (χ0n) is 29.3. The molecular weight excluding hydrogens is 843 g/mol. The number of hydrogen-bond donors (Lipinski definition) is 3. The maximum absolute atomic E-state index is 14.0. The molecule has 3 aliphatic rings. The maximum atomic E-state index is 14.0. The van der Waals surface area contributed by atoms with Crippen LogP contribution >= 0.6 is 45.5 Å². The van der Waals surface area contributed by atoms with Gasteiger partial charge in [-0.15, -0.1) is 11.3 Å². The molecule has 17 heteroatoms. The van der Waals surface area contributed by atoms with Crippen molar-refractivity contribution in [2.75, 3.05) is 27.3 Å². The molecule has 3 aromatic rings. The lowest BCUT2D eigenvalue weighted by Gasteiger charge is -2.26. The van der Waals surface area contributed by atoms with Crippen molar-refractivity contribution >= 4 is 84.3 Å². The number of pyridine rings is 1. The zero-order valence-corrected chi connectivity index (χ0v) is 33.9. The van der Waals surface area contributed by atoms with E-state index in [4.69, 9.17) is 31.0 Å². The number of sulfonamides is 1. The van der Waals surface area contributed by atoms with Crippen molar-refractivity contribution in [3.63, 3.8) is 0 Å². The van der Waals surface area contributed by atoms with Crippen molar-refractivity contribution < 1.29 is 32.3 Å². The molecule has 2 aromatic heterocycles. The number of carbonyl (C=O) groups excluding carboxylic acids is 3. The second-order valence-corrected chi connectivity index (χ2v) is 19.8. The molecular formula is C35H42ClIN6O7S2. The highest BCUT2D eigenvalue weighted by Crippen LogP contribution is 2.51. The smallest absolute Gasteiger partial charge is 0.317 e. The van der Waals surface area contributed by atoms with Crippen molar-refractivity contribution in [2.24, 2.45) is 5.92 Å². The molecule has 1 aromatic carbocycles. The van der Waals surface area contributed by atoms with Gasteiger partial charge in [-0.1, -0.05) is 60.2 Å². The first-order valence-electron chi connectivity index (χ1n) is 17.2. The third-order valence-electron chi connectivity index (χ3n) is 9.62. The van der Waals surface area contributed by atoms with Crippen LogP contribution in [0, 0.1) is 5.92 Å². The second-order valence-electron chi connectivity index (χ2n) is 13.8. The largest absolute Gasteiger partial charge is 0.495 e. The van der Waals surface area contributed by atoms with Gasteiger partial charge in [0.25, 0.3) is 5.91 Å². The van der Waals surface area contributed by atoms with E-state index in [9.17, 15) is 22.8 Å². The molecule has 0 saturated heterocycles. The summed E-state index contributed by atoms with van der Waals surface area (Å²) < 4.78 is 39.0. The van der Waals surface area contributed by atoms with Gasteiger partial charge in [0.2, 0.25) is 15.9 Å². The Balaban J connectivity index is 1.27. The summed E-state index contributed by atoms with van der Waals surface area (Å²) in [6.45, 7) is 4.59. The summed E-state index contributed by atoms with van der Waals surface area (Å²) in [5.41, 5.74) is 0.461. The molecule has 0 unspecified atom stereocenters. The molecule has 6 rings (SSSR count). The number of halogens is 2. The van der Waals surface area contributed by atoms with Gasteiger partial charge >= 0.3 is 6.03 Å². The normalized spacial score (nSPS) is 23.3. The van der Waals surface area contributed by atoms with Crippen LogP contribution in [-0.4, -0.2) is 82.8 Å². The summed E-state index contributed by atoms with van der Waals surface area (Å²) in [6, 6.07) is 3.70. The summed E-state index contributed by atoms with van der Waals surface area (Å²) in [7, 11) is -0.786. The molecule has 3 atom stereocenters. The van der Waals surface area contributed by atoms with Crippen molar-refractivity contribution in [1.82, 2.24) is 30.2 Å². The summed E-state index contributed by atoms with van der Waals surface area (Å²) in [4.78, 5) is 52.0. The molecule has 1 aliphatic heterocycles. The molecule has 52 heavy (non-hydrogen) atoms. The lowest BCUT2D eigenvalue weighted by Crippen LogP contribution is -2.58. The van der Waals surface area contributed by atoms with Crippen LogP contribution in [-0.2, 0) is 19.6 Å². The Morgan fingerprint density at radius 2 is 1.98 bits per heavy atom. The van der Waals surface area contributed by atoms with Crippen LogP contribution in [0.4, 0.5) is 4.79 Å². The number of urea groups is 1. The third kappa shape index (κ3) is 7.99. The predicted octanol–water partition coefficient (Wildman–Crippen LogP) is 5.91. The Morgan fingerprint density at radius 1 is 1.21 bits per heavy atom. The first kappa shape index (κ1) is 38.5. The Hall–Kier alpha value is -3.22. The highest BCUT2D eigenvalue weighted by atomic mass is 127. The minimum absolute atomic E-state index is 0.0202. The Morgan fingerprint density at radius 3 is 2.67 bits per heavy atom. The molecule has 4 amide bonds. The summed E-state index contributed by atoms with van der Waals surface area (Å²) in [5.74, 6) is -0.701. The van der Waals surface area contributed by atoms with Crippen LogP contribution in [0.15, 0.2) is 35.7 Å². The van der Waals surface area contributed by atoms with E-state index in [-0.39, 0.29) is 25.4 Å². The third-order valence-corrected chi connectivity index (χ3v) is 15.5. The monoisotopic (exact) mass is 884 g/mol. The molecule has 0 bridgehead atoms. The van der Waals surface area contributed by atoms with E-state index in [0.29, 0.717) is 57.5 Å². The van der Waals surface area contributed by atoms with E-state index >= 15 is 0 Å². The summed E-state index contributed by atoms with van der Waals surface area (Å²) in [5, 5.41) is 9.24. The quantitative estimate of drug-likeness (QED) is 0.127. The van der Waals surface area contributed by atoms with Gasteiger partial charge in [0, 0.05) is 42.8 Å². The lowest BCUT2D eigenvalue weighted by atomic mass is 10.1. The highest BCUT2D eigenvalue weighted by molar-refractivity contribution is 14.1. The number of methoxy groups -OCH3 is 1. The summed E-state index contributed by atoms with van der Waals surface area (Å²) >= 11 is 10.0. The van der Waals surface area contributed by atoms with Gasteiger partial charge in [0.1, 0.15) is 41.6 Å². The van der Waals surface area contributed by atoms with Gasteiger partial charge in [0.15, 0.2) is 0 Å². The number of amides is 4. The topological polar surface area (TPSA) is 169 Å². The second kappa shape index (κ2) is 15.3. The number of benzene rings is 1. The first-order valence-corrected chi connectivity index (χ1v) is 21.0. The molecule has 3 N–H and O–H groups in total. The van der Waals surface area contributed by atoms with Gasteiger partial charge < -0.3 is 25.0 Å². The molecule has 2 fully saturated rings. The molecule has 0 radical (unpaired) electrons. The number of thiazole rings is 1. The number of ether oxygens (including phenoxy) is 2. The fraction of sp³-hybridized carbons (Fsp3) is 0.514. The van der Waals surface area contributed by atoms with E-state index < -0.39 is 48.1 Å². The van der Waals surface area contributed by atoms with Gasteiger partial charge in [-0.3, -0.25) is 9.59 Å². The van der Waals surface area contributed by atoms with Crippen molar-refractivity contribution in [2.45, 2.75) is 79.0 Å². The zero-order chi connectivity index (χ0) is 37.4. The number of carbonyl (C=O) groups is 3. The highest BCUT2D eigenvalue weighted by Gasteiger charge is 2.63. The van der Waals surface area contributed by atoms with Crippen LogP contribution in [0.1, 0.15) is 70.4 Å². The average Bonchev–Trinajstić information content (AvgIpc) is 3.96. The number of nitrogens with zero attached hydrogens (tertiary/aromatic N) is 3. The van der Waals surface area contributed by atoms with Crippen molar-refractivity contribution in [3.8, 4) is 22.2 Å². The Labute approximate surface area is 325 Å². The first-order chi connectivity index (χ1) is 24.7. The fourth-order valence-electron chi connectivity index (χ4n) is 6.01. The van der Waals surface area contributed by atoms with E-state index in [2.05, 4.69) is 29.2 Å². The standard InChI is InChI=1S/C35H42ClIN6O7S2/c1-20(2)25-19-51-31(39-25)24-17-27(22-10-11-26(49-4)28(36)29(22)38-24)50-16-12-23-30(44)41-35(32(45)42-52(47,48)34(37)13-14-34)18-21(35)9-7-5-6-8-15-43(3)33(46)40-23/h7,9-11,17,19-21,23H,5-6,8,12-16,18H2,1-4H3,(H,40,46)(H,41,44)(H,42,45)/t21-,23+,35-/m1/s1. The van der Waals surface area contributed by atoms with Gasteiger partial charge in [-0.25, -0.2) is 27.9 Å². The number of fused-ring (bicyclic) bond motifs is 2. The maximum Gasteiger partial charge on any atom is 0.317 e. The van der Waals surface area contributed by atoms with E-state index in [1.54, 1.807) is 25.2 Å². The number of rotatable bonds is 10. The minimum atomic E-state index is -3.96. The number of aromatic nitrogens is 2. The fourth-order valence-corrected chi connectivity index (χ4v) is 9.09. The van der Waals surface area contributed by atoms with Gasteiger partial charge in [-0.2, -0.15) is 0 Å². The summed E-state index contributed by atoms with van der Waals surface area (Å²) in [6.07, 6.45) is 7.23. The van der Waals surface area contributed by atoms with Crippen molar-refractivity contribution in [1.29, 1.82) is 0 Å². The molecule has 0 spiro atoms. The van der Waals surface area contributed by atoms with Crippen LogP contribution in [0.2, 0.25) is 5.02 Å². The van der Waals surface area contributed by atoms with Crippen LogP contribution in [0.5, 0.6) is 11.5 Å². The number of nitrogens with one attached hydrogen (secondary N) is 3. The molecule has 13 nitrogen and oxygen atoms in total. The lowest BCUT2D eigenvalue weighted by molar-refractivity contribution is -0.130. The number of allylic oxidation sites excluding steroid dienone is 1. The molecule has 280 valence electrons. The number of hydrogen-bond acceptors (Lipinski definition) is 10. The van der Waals surface area contributed by atoms with Gasteiger partial charge in [-0.05, 0) is 56.6 Å². The molecule has 2 saturated carbocycles. The van der Waals surface area contributed by atoms with Crippen LogP contribution in [0.25, 0.3) is 21.6 Å². The predicted molar refractivity (Wildman–Crippen MR) is 209 cm³/mol. The van der Waals surface area contributed by atoms with Crippen molar-refractivity contribution in [3.05, 3.63) is 46.4 Å². The SMILES string of the molecule is COc1ccc2c(OCC[C@@H]3NC(=O)N(C)CCCCC=C[C@@H]4C[C@@]4(C(=O)NS(=O)(=O)C4(I)CC4)NC3=O)cc(-c3nc(C(C)C)cs3)nc2c1Cl.